The van der Waals surface area contributed by atoms with Crippen molar-refractivity contribution in [2.45, 2.75) is 26.4 Å². The first-order valence-electron chi connectivity index (χ1n) is 7.87. The number of amides is 2. The van der Waals surface area contributed by atoms with E-state index in [2.05, 4.69) is 10.6 Å². The minimum Gasteiger partial charge on any atom is -0.466 e. The minimum absolute atomic E-state index is 0.281. The molecule has 0 fully saturated rings. The highest BCUT2D eigenvalue weighted by atomic mass is 32.1. The summed E-state index contributed by atoms with van der Waals surface area (Å²) in [6.07, 6.45) is 0. The number of ether oxygens (including phenoxy) is 2. The van der Waals surface area contributed by atoms with Crippen molar-refractivity contribution in [3.8, 4) is 5.75 Å². The van der Waals surface area contributed by atoms with Crippen molar-refractivity contribution < 1.29 is 23.9 Å². The van der Waals surface area contributed by atoms with Crippen LogP contribution >= 0.6 is 11.3 Å². The molecule has 2 aromatic rings. The van der Waals surface area contributed by atoms with E-state index in [1.807, 2.05) is 6.92 Å². The Morgan fingerprint density at radius 3 is 2.65 bits per heavy atom. The number of carbonyl (C=O) groups excluding carboxylic acids is 3. The zero-order chi connectivity index (χ0) is 19.1. The number of anilines is 2. The number of carbonyl (C=O) groups is 3. The number of hydrogen-bond donors (Lipinski definition) is 2. The Balaban J connectivity index is 1.93. The largest absolute Gasteiger partial charge is 0.466 e. The van der Waals surface area contributed by atoms with Gasteiger partial charge in [0.25, 0.3) is 17.4 Å². The predicted octanol–water partition coefficient (Wildman–Crippen LogP) is 2.88. The van der Waals surface area contributed by atoms with E-state index < -0.39 is 23.4 Å². The van der Waals surface area contributed by atoms with Gasteiger partial charge in [-0.05, 0) is 38.5 Å². The summed E-state index contributed by atoms with van der Waals surface area (Å²) in [5.74, 6) is -1.41. The van der Waals surface area contributed by atoms with Gasteiger partial charge in [-0.1, -0.05) is 12.1 Å². The molecule has 1 unspecified atom stereocenters. The third kappa shape index (κ3) is 2.82. The van der Waals surface area contributed by atoms with Gasteiger partial charge < -0.3 is 20.1 Å². The van der Waals surface area contributed by atoms with Crippen molar-refractivity contribution >= 4 is 39.8 Å². The summed E-state index contributed by atoms with van der Waals surface area (Å²) in [5.41, 5.74) is -0.265. The average molecular weight is 374 g/mol. The van der Waals surface area contributed by atoms with Gasteiger partial charge in [0.2, 0.25) is 0 Å². The van der Waals surface area contributed by atoms with Crippen molar-refractivity contribution in [3.05, 3.63) is 40.3 Å². The second kappa shape index (κ2) is 6.45. The molecule has 8 heteroatoms. The summed E-state index contributed by atoms with van der Waals surface area (Å²) < 4.78 is 10.5. The lowest BCUT2D eigenvalue weighted by molar-refractivity contribution is -0.143. The fourth-order valence-electron chi connectivity index (χ4n) is 2.60. The van der Waals surface area contributed by atoms with Crippen LogP contribution in [0.1, 0.15) is 27.7 Å². The van der Waals surface area contributed by atoms with Gasteiger partial charge in [0.05, 0.1) is 18.4 Å². The smallest absolute Gasteiger partial charge is 0.341 e. The predicted molar refractivity (Wildman–Crippen MR) is 97.9 cm³/mol. The van der Waals surface area contributed by atoms with Crippen LogP contribution in [0.25, 0.3) is 0 Å². The molecule has 3 rings (SSSR count). The minimum atomic E-state index is -1.77. The van der Waals surface area contributed by atoms with Crippen molar-refractivity contribution in [1.29, 1.82) is 0 Å². The van der Waals surface area contributed by atoms with Crippen LogP contribution in [-0.2, 0) is 14.3 Å². The molecule has 2 heterocycles. The van der Waals surface area contributed by atoms with E-state index >= 15 is 0 Å². The third-order valence-electron chi connectivity index (χ3n) is 4.32. The fourth-order valence-corrected chi connectivity index (χ4v) is 3.65. The number of hydrogen-bond acceptors (Lipinski definition) is 6. The second-order valence-corrected chi connectivity index (χ2v) is 7.24. The normalized spacial score (nSPS) is 18.4. The van der Waals surface area contributed by atoms with Crippen molar-refractivity contribution in [2.75, 3.05) is 17.7 Å². The first-order chi connectivity index (χ1) is 12.3. The SMILES string of the molecule is COC(=O)c1c(NC(=O)C2(C)Oc3ccccc3NC2=O)sc(C)c1C. The third-order valence-corrected chi connectivity index (χ3v) is 5.44. The summed E-state index contributed by atoms with van der Waals surface area (Å²) in [5, 5.41) is 5.65. The first kappa shape index (κ1) is 17.9. The first-order valence-corrected chi connectivity index (χ1v) is 8.69. The van der Waals surface area contributed by atoms with E-state index in [0.717, 1.165) is 10.4 Å². The Kier molecular flexibility index (Phi) is 4.45. The number of rotatable bonds is 3. The summed E-state index contributed by atoms with van der Waals surface area (Å²) in [7, 11) is 1.27. The quantitative estimate of drug-likeness (QED) is 0.636. The van der Waals surface area contributed by atoms with Crippen LogP contribution in [0.4, 0.5) is 10.7 Å². The molecular weight excluding hydrogens is 356 g/mol. The van der Waals surface area contributed by atoms with Crippen molar-refractivity contribution in [3.63, 3.8) is 0 Å². The van der Waals surface area contributed by atoms with Crippen LogP contribution in [0, 0.1) is 13.8 Å². The summed E-state index contributed by atoms with van der Waals surface area (Å²) >= 11 is 1.24. The molecule has 1 aromatic carbocycles. The molecule has 136 valence electrons. The molecule has 1 aliphatic heterocycles. The van der Waals surface area contributed by atoms with Crippen LogP contribution in [0.5, 0.6) is 5.75 Å². The van der Waals surface area contributed by atoms with E-state index in [0.29, 0.717) is 16.4 Å². The second-order valence-electron chi connectivity index (χ2n) is 6.02. The molecule has 0 bridgehead atoms. The van der Waals surface area contributed by atoms with E-state index in [4.69, 9.17) is 9.47 Å². The van der Waals surface area contributed by atoms with Crippen molar-refractivity contribution in [2.24, 2.45) is 0 Å². The van der Waals surface area contributed by atoms with Gasteiger partial charge in [0.15, 0.2) is 0 Å². The van der Waals surface area contributed by atoms with Gasteiger partial charge in [-0.25, -0.2) is 4.79 Å². The van der Waals surface area contributed by atoms with Gasteiger partial charge >= 0.3 is 5.97 Å². The fraction of sp³-hybridized carbons (Fsp3) is 0.278. The zero-order valence-corrected chi connectivity index (χ0v) is 15.6. The summed E-state index contributed by atoms with van der Waals surface area (Å²) in [6.45, 7) is 5.00. The molecule has 1 atom stereocenters. The number of methoxy groups -OCH3 is 1. The van der Waals surface area contributed by atoms with Crippen LogP contribution in [0.15, 0.2) is 24.3 Å². The van der Waals surface area contributed by atoms with Gasteiger partial charge in [-0.2, -0.15) is 0 Å². The molecule has 26 heavy (non-hydrogen) atoms. The maximum atomic E-state index is 12.9. The van der Waals surface area contributed by atoms with Crippen LogP contribution < -0.4 is 15.4 Å². The molecule has 2 amide bonds. The Hall–Kier alpha value is -2.87. The van der Waals surface area contributed by atoms with E-state index in [-0.39, 0.29) is 5.56 Å². The Morgan fingerprint density at radius 1 is 1.27 bits per heavy atom. The van der Waals surface area contributed by atoms with Gasteiger partial charge in [-0.15, -0.1) is 11.3 Å². The van der Waals surface area contributed by atoms with Gasteiger partial charge in [0, 0.05) is 4.88 Å². The molecule has 1 aliphatic rings. The highest BCUT2D eigenvalue weighted by Crippen LogP contribution is 2.36. The van der Waals surface area contributed by atoms with Crippen LogP contribution in [0.2, 0.25) is 0 Å². The standard InChI is InChI=1S/C18H18N2O5S/c1-9-10(2)26-14(13(9)15(21)24-4)20-17(23)18(3)16(22)19-11-7-5-6-8-12(11)25-18/h5-8H,1-4H3,(H,19,22)(H,20,23). The number of benzene rings is 1. The topological polar surface area (TPSA) is 93.7 Å². The Morgan fingerprint density at radius 2 is 1.96 bits per heavy atom. The molecule has 1 aromatic heterocycles. The molecule has 0 aliphatic carbocycles. The zero-order valence-electron chi connectivity index (χ0n) is 14.8. The number of thiophene rings is 1. The molecular formula is C18H18N2O5S. The van der Waals surface area contributed by atoms with Crippen molar-refractivity contribution in [1.82, 2.24) is 0 Å². The maximum Gasteiger partial charge on any atom is 0.341 e. The molecule has 7 nitrogen and oxygen atoms in total. The lowest BCUT2D eigenvalue weighted by atomic mass is 10.0. The van der Waals surface area contributed by atoms with E-state index in [1.165, 1.54) is 25.4 Å². The number of nitrogens with one attached hydrogen (secondary N) is 2. The highest BCUT2D eigenvalue weighted by Gasteiger charge is 2.47. The lowest BCUT2D eigenvalue weighted by Gasteiger charge is -2.33. The Bertz CT molecular complexity index is 920. The average Bonchev–Trinajstić information content (AvgIpc) is 2.89. The lowest BCUT2D eigenvalue weighted by Crippen LogP contribution is -2.56. The number of aryl methyl sites for hydroxylation is 1. The molecule has 0 radical (unpaired) electrons. The number of fused-ring (bicyclic) bond motifs is 1. The van der Waals surface area contributed by atoms with Gasteiger partial charge in [0.1, 0.15) is 10.8 Å². The molecule has 2 N–H and O–H groups in total. The summed E-state index contributed by atoms with van der Waals surface area (Å²) in [4.78, 5) is 38.2. The van der Waals surface area contributed by atoms with E-state index in [9.17, 15) is 14.4 Å². The number of esters is 1. The Labute approximate surface area is 154 Å². The maximum absolute atomic E-state index is 12.9. The van der Waals surface area contributed by atoms with E-state index in [1.54, 1.807) is 31.2 Å². The number of para-hydroxylation sites is 2. The van der Waals surface area contributed by atoms with Crippen LogP contribution in [0.3, 0.4) is 0 Å². The molecule has 0 saturated carbocycles. The molecule has 0 saturated heterocycles. The van der Waals surface area contributed by atoms with Gasteiger partial charge in [-0.3, -0.25) is 9.59 Å². The van der Waals surface area contributed by atoms with Crippen LogP contribution in [-0.4, -0.2) is 30.5 Å². The summed E-state index contributed by atoms with van der Waals surface area (Å²) in [6, 6.07) is 6.85. The molecule has 0 spiro atoms. The monoisotopic (exact) mass is 374 g/mol. The highest BCUT2D eigenvalue weighted by molar-refractivity contribution is 7.16.